The van der Waals surface area contributed by atoms with Crippen molar-refractivity contribution < 1.29 is 9.90 Å². The second kappa shape index (κ2) is 16.9. The first-order chi connectivity index (χ1) is 21.1. The van der Waals surface area contributed by atoms with Gasteiger partial charge in [-0.25, -0.2) is 0 Å². The van der Waals surface area contributed by atoms with E-state index < -0.39 is 0 Å². The Bertz CT molecular complexity index is 871. The normalized spacial score (nSPS) is 37.3. The highest BCUT2D eigenvalue weighted by Gasteiger charge is 2.63. The van der Waals surface area contributed by atoms with Gasteiger partial charge in [-0.15, -0.1) is 0 Å². The van der Waals surface area contributed by atoms with E-state index in [2.05, 4.69) is 42.0 Å². The predicted molar refractivity (Wildman–Crippen MR) is 183 cm³/mol. The van der Waals surface area contributed by atoms with Crippen molar-refractivity contribution in [2.45, 2.75) is 143 Å². The van der Waals surface area contributed by atoms with Gasteiger partial charge in [-0.3, -0.25) is 4.79 Å². The van der Waals surface area contributed by atoms with E-state index in [9.17, 15) is 9.90 Å². The number of fused-ring (bicyclic) bond motifs is 5. The number of hydrogen-bond acceptors (Lipinski definition) is 6. The molecule has 1 amide bonds. The Morgan fingerprint density at radius 1 is 0.864 bits per heavy atom. The molecular weight excluding hydrogens is 546 g/mol. The maximum atomic E-state index is 12.4. The van der Waals surface area contributed by atoms with E-state index in [-0.39, 0.29) is 23.5 Å². The van der Waals surface area contributed by atoms with Crippen LogP contribution in [0.3, 0.4) is 0 Å². The maximum Gasteiger partial charge on any atom is 0.220 e. The van der Waals surface area contributed by atoms with E-state index in [4.69, 9.17) is 5.73 Å². The fraction of sp³-hybridized carbons (Fsp3) is 0.973. The zero-order valence-corrected chi connectivity index (χ0v) is 29.3. The first-order valence-corrected chi connectivity index (χ1v) is 18.9. The second-order valence-electron chi connectivity index (χ2n) is 16.3. The molecule has 0 aromatic rings. The molecule has 7 heteroatoms. The lowest BCUT2D eigenvalue weighted by Gasteiger charge is -2.62. The number of nitrogens with one attached hydrogen (secondary N) is 4. The number of carbonyl (C=O) groups excluding carboxylic acids is 1. The summed E-state index contributed by atoms with van der Waals surface area (Å²) >= 11 is 0. The van der Waals surface area contributed by atoms with E-state index in [0.29, 0.717) is 41.5 Å². The highest BCUT2D eigenvalue weighted by atomic mass is 16.3. The molecule has 4 unspecified atom stereocenters. The summed E-state index contributed by atoms with van der Waals surface area (Å²) < 4.78 is 0. The molecule has 256 valence electrons. The molecule has 4 fully saturated rings. The average molecular weight is 618 g/mol. The van der Waals surface area contributed by atoms with Gasteiger partial charge in [0.05, 0.1) is 6.10 Å². The summed E-state index contributed by atoms with van der Waals surface area (Å²) in [5.74, 6) is 4.05. The third-order valence-corrected chi connectivity index (χ3v) is 13.3. The van der Waals surface area contributed by atoms with Crippen LogP contribution in [0.4, 0.5) is 0 Å². The number of hydrogen-bond donors (Lipinski definition) is 6. The quantitative estimate of drug-likeness (QED) is 0.118. The van der Waals surface area contributed by atoms with Crippen molar-refractivity contribution in [3.05, 3.63) is 0 Å². The fourth-order valence-electron chi connectivity index (χ4n) is 10.8. The van der Waals surface area contributed by atoms with Gasteiger partial charge in [0, 0.05) is 18.5 Å². The molecule has 0 aromatic heterocycles. The Morgan fingerprint density at radius 3 is 2.27 bits per heavy atom. The van der Waals surface area contributed by atoms with Gasteiger partial charge >= 0.3 is 0 Å². The van der Waals surface area contributed by atoms with Crippen LogP contribution in [0, 0.1) is 46.3 Å². The topological polar surface area (TPSA) is 111 Å². The molecule has 0 heterocycles. The molecule has 0 radical (unpaired) electrons. The molecule has 44 heavy (non-hydrogen) atoms. The van der Waals surface area contributed by atoms with Gasteiger partial charge in [0.1, 0.15) is 0 Å². The predicted octanol–water partition coefficient (Wildman–Crippen LogP) is 5.21. The van der Waals surface area contributed by atoms with E-state index in [0.717, 1.165) is 70.4 Å². The molecule has 4 aliphatic carbocycles. The van der Waals surface area contributed by atoms with Gasteiger partial charge in [0.25, 0.3) is 0 Å². The van der Waals surface area contributed by atoms with Crippen LogP contribution in [0.1, 0.15) is 125 Å². The molecule has 0 bridgehead atoms. The van der Waals surface area contributed by atoms with Gasteiger partial charge in [-0.1, -0.05) is 20.8 Å². The van der Waals surface area contributed by atoms with E-state index in [1.807, 2.05) is 13.8 Å². The summed E-state index contributed by atoms with van der Waals surface area (Å²) in [5, 5.41) is 26.0. The third-order valence-electron chi connectivity index (χ3n) is 13.3. The molecule has 0 aromatic carbocycles. The van der Waals surface area contributed by atoms with Gasteiger partial charge in [0.2, 0.25) is 5.91 Å². The zero-order chi connectivity index (χ0) is 31.7. The second-order valence-corrected chi connectivity index (χ2v) is 16.3. The van der Waals surface area contributed by atoms with Crippen molar-refractivity contribution >= 4 is 5.91 Å². The molecule has 0 spiro atoms. The van der Waals surface area contributed by atoms with Crippen molar-refractivity contribution in [1.29, 1.82) is 0 Å². The first-order valence-electron chi connectivity index (χ1n) is 18.9. The molecule has 4 rings (SSSR count). The lowest BCUT2D eigenvalue weighted by molar-refractivity contribution is -0.169. The lowest BCUT2D eigenvalue weighted by atomic mass is 9.43. The Kier molecular flexibility index (Phi) is 13.9. The van der Waals surface area contributed by atoms with Crippen LogP contribution in [0.2, 0.25) is 0 Å². The molecule has 4 aliphatic rings. The summed E-state index contributed by atoms with van der Waals surface area (Å²) in [5.41, 5.74) is 5.92. The van der Waals surface area contributed by atoms with Crippen molar-refractivity contribution in [1.82, 2.24) is 21.3 Å². The number of unbranched alkanes of at least 4 members (excludes halogenated alkanes) is 1. The standard InChI is InChI=1S/C37H71N5O2/c1-26(2)42-35(44)15-10-27(3)31-13-14-32-30-12-11-28-24-29(16-17-36(28,4)33(30)25-34(43)37(31,32)5)41-23-9-22-40-20-7-6-19-39-21-8-18-38/h26-34,39-41,43H,6-25,38H2,1-5H3,(H,42,44)/t27-,28?,29+,30?,31-,32?,33?,34+,36+,37-/m1/s1. The summed E-state index contributed by atoms with van der Waals surface area (Å²) in [4.78, 5) is 12.4. The number of rotatable bonds is 18. The van der Waals surface area contributed by atoms with Crippen LogP contribution >= 0.6 is 0 Å². The molecule has 7 nitrogen and oxygen atoms in total. The number of carbonyl (C=O) groups is 1. The summed E-state index contributed by atoms with van der Waals surface area (Å²) in [6.07, 6.45) is 16.2. The van der Waals surface area contributed by atoms with Crippen molar-refractivity contribution in [2.24, 2.45) is 52.1 Å². The highest BCUT2D eigenvalue weighted by Crippen LogP contribution is 2.68. The molecular formula is C37H71N5O2. The smallest absolute Gasteiger partial charge is 0.220 e. The third kappa shape index (κ3) is 8.59. The molecule has 0 saturated heterocycles. The number of amides is 1. The lowest BCUT2D eigenvalue weighted by Crippen LogP contribution is -2.59. The highest BCUT2D eigenvalue weighted by molar-refractivity contribution is 5.76. The SMILES string of the molecule is CC(C)NC(=O)CC[C@@H](C)[C@H]1CCC2C3CCC4C[C@@H](NCCCNCCCCNCCCN)CC[C@]4(C)C3C[C@H](O)[C@@]21C. The monoisotopic (exact) mass is 618 g/mol. The average Bonchev–Trinajstić information content (AvgIpc) is 3.35. The van der Waals surface area contributed by atoms with Gasteiger partial charge in [-0.2, -0.15) is 0 Å². The summed E-state index contributed by atoms with van der Waals surface area (Å²) in [6, 6.07) is 0.862. The minimum absolute atomic E-state index is 0.00640. The van der Waals surface area contributed by atoms with E-state index >= 15 is 0 Å². The minimum atomic E-state index is -0.209. The van der Waals surface area contributed by atoms with Crippen LogP contribution < -0.4 is 27.0 Å². The molecule has 7 N–H and O–H groups in total. The first kappa shape index (κ1) is 36.1. The van der Waals surface area contributed by atoms with Gasteiger partial charge < -0.3 is 32.1 Å². The van der Waals surface area contributed by atoms with Gasteiger partial charge in [-0.05, 0) is 183 Å². The maximum absolute atomic E-state index is 12.4. The summed E-state index contributed by atoms with van der Waals surface area (Å²) in [7, 11) is 0. The Balaban J connectivity index is 1.20. The molecule has 10 atom stereocenters. The minimum Gasteiger partial charge on any atom is -0.393 e. The van der Waals surface area contributed by atoms with Crippen molar-refractivity contribution in [2.75, 3.05) is 39.3 Å². The van der Waals surface area contributed by atoms with Crippen molar-refractivity contribution in [3.63, 3.8) is 0 Å². The van der Waals surface area contributed by atoms with E-state index in [1.54, 1.807) is 0 Å². The van der Waals surface area contributed by atoms with Crippen LogP contribution in [0.5, 0.6) is 0 Å². The largest absolute Gasteiger partial charge is 0.393 e. The number of nitrogens with two attached hydrogens (primary N) is 1. The zero-order valence-electron chi connectivity index (χ0n) is 29.3. The van der Waals surface area contributed by atoms with Crippen LogP contribution in [0.25, 0.3) is 0 Å². The van der Waals surface area contributed by atoms with Crippen LogP contribution in [-0.2, 0) is 4.79 Å². The molecule has 4 saturated carbocycles. The van der Waals surface area contributed by atoms with Crippen LogP contribution in [-0.4, -0.2) is 68.5 Å². The fourth-order valence-corrected chi connectivity index (χ4v) is 10.8. The van der Waals surface area contributed by atoms with Crippen LogP contribution in [0.15, 0.2) is 0 Å². The Hall–Kier alpha value is -0.730. The van der Waals surface area contributed by atoms with E-state index in [1.165, 1.54) is 64.2 Å². The Labute approximate surface area is 270 Å². The Morgan fingerprint density at radius 2 is 1.57 bits per heavy atom. The van der Waals surface area contributed by atoms with Crippen molar-refractivity contribution in [3.8, 4) is 0 Å². The summed E-state index contributed by atoms with van der Waals surface area (Å²) in [6.45, 7) is 17.7. The molecule has 0 aliphatic heterocycles. The van der Waals surface area contributed by atoms with Gasteiger partial charge in [0.15, 0.2) is 0 Å². The number of aliphatic hydroxyl groups is 1. The number of aliphatic hydroxyl groups excluding tert-OH is 1.